The molecule has 2 aliphatic heterocycles. The van der Waals surface area contributed by atoms with Crippen LogP contribution in [0.2, 0.25) is 0 Å². The number of aromatic nitrogens is 2. The van der Waals surface area contributed by atoms with Crippen LogP contribution < -0.4 is 4.74 Å². The number of hydrogen-bond donors (Lipinski definition) is 0. The molecule has 8 aromatic carbocycles. The molecule has 3 heteroatoms. The van der Waals surface area contributed by atoms with Crippen LogP contribution in [0.5, 0.6) is 11.5 Å². The zero-order valence-electron chi connectivity index (χ0n) is 28.1. The maximum Gasteiger partial charge on any atom is 0.156 e. The van der Waals surface area contributed by atoms with Crippen LogP contribution in [0.25, 0.3) is 66.1 Å². The van der Waals surface area contributed by atoms with Crippen molar-refractivity contribution in [2.45, 2.75) is 5.41 Å². The highest BCUT2D eigenvalue weighted by Crippen LogP contribution is 2.61. The van der Waals surface area contributed by atoms with Gasteiger partial charge < -0.3 is 13.9 Å². The molecule has 0 aliphatic carbocycles. The number of hydrogen-bond acceptors (Lipinski definition) is 1. The second-order valence-corrected chi connectivity index (χ2v) is 14.0. The summed E-state index contributed by atoms with van der Waals surface area (Å²) in [7, 11) is 0. The fourth-order valence-electron chi connectivity index (χ4n) is 9.53. The van der Waals surface area contributed by atoms with Crippen LogP contribution in [0.1, 0.15) is 22.3 Å². The standard InChI is InChI=1S/C49H30N2O/c1-2-13-31(14-3-1)32-25-27-33(28-26-32)50-42-21-8-4-16-35(42)37-29-30-41-48(47(37)50)52-45-24-11-7-19-39(45)49(41)38-18-6-10-23-44(38)51-43-22-9-5-15-34(43)36-17-12-20-40(49)46(36)51/h1-30H. The molecule has 0 saturated heterocycles. The first-order valence-corrected chi connectivity index (χ1v) is 17.9. The second-order valence-electron chi connectivity index (χ2n) is 14.0. The Labute approximate surface area is 300 Å². The lowest BCUT2D eigenvalue weighted by Crippen LogP contribution is -2.37. The highest BCUT2D eigenvalue weighted by Gasteiger charge is 2.51. The van der Waals surface area contributed by atoms with Crippen LogP contribution in [-0.4, -0.2) is 9.13 Å². The third-order valence-corrected chi connectivity index (χ3v) is 11.6. The monoisotopic (exact) mass is 662 g/mol. The molecule has 3 nitrogen and oxygen atoms in total. The Morgan fingerprint density at radius 2 is 0.962 bits per heavy atom. The van der Waals surface area contributed by atoms with Crippen molar-refractivity contribution in [2.24, 2.45) is 0 Å². The molecule has 0 radical (unpaired) electrons. The molecule has 0 bridgehead atoms. The quantitative estimate of drug-likeness (QED) is 0.180. The number of ether oxygens (including phenoxy) is 1. The van der Waals surface area contributed by atoms with Gasteiger partial charge in [-0.1, -0.05) is 146 Å². The maximum absolute atomic E-state index is 7.23. The topological polar surface area (TPSA) is 19.1 Å². The summed E-state index contributed by atoms with van der Waals surface area (Å²) in [5.41, 5.74) is 13.6. The Bertz CT molecular complexity index is 3090. The van der Waals surface area contributed by atoms with Crippen molar-refractivity contribution < 1.29 is 4.74 Å². The van der Waals surface area contributed by atoms with E-state index < -0.39 is 5.41 Å². The smallest absolute Gasteiger partial charge is 0.156 e. The van der Waals surface area contributed by atoms with E-state index in [1.165, 1.54) is 60.5 Å². The molecule has 0 fully saturated rings. The van der Waals surface area contributed by atoms with Gasteiger partial charge in [-0.3, -0.25) is 0 Å². The lowest BCUT2D eigenvalue weighted by atomic mass is 9.61. The summed E-state index contributed by atoms with van der Waals surface area (Å²) in [5, 5.41) is 4.91. The molecule has 2 aromatic heterocycles. The summed E-state index contributed by atoms with van der Waals surface area (Å²) in [4.78, 5) is 0. The van der Waals surface area contributed by atoms with Crippen LogP contribution >= 0.6 is 0 Å². The van der Waals surface area contributed by atoms with Crippen LogP contribution in [0, 0.1) is 0 Å². The van der Waals surface area contributed by atoms with Gasteiger partial charge in [-0.05, 0) is 58.7 Å². The molecule has 10 aromatic rings. The largest absolute Gasteiger partial charge is 0.454 e. The molecular formula is C49H30N2O. The van der Waals surface area contributed by atoms with Gasteiger partial charge in [0.1, 0.15) is 5.75 Å². The van der Waals surface area contributed by atoms with E-state index in [0.29, 0.717) is 0 Å². The van der Waals surface area contributed by atoms with Gasteiger partial charge in [-0.25, -0.2) is 0 Å². The number of para-hydroxylation sites is 5. The second kappa shape index (κ2) is 10.1. The minimum Gasteiger partial charge on any atom is -0.454 e. The number of rotatable bonds is 2. The predicted octanol–water partition coefficient (Wildman–Crippen LogP) is 12.3. The third-order valence-electron chi connectivity index (χ3n) is 11.6. The van der Waals surface area contributed by atoms with Crippen molar-refractivity contribution in [3.63, 3.8) is 0 Å². The highest BCUT2D eigenvalue weighted by atomic mass is 16.5. The number of fused-ring (bicyclic) bond motifs is 15. The minimum absolute atomic E-state index is 0.628. The minimum atomic E-state index is -0.628. The van der Waals surface area contributed by atoms with Gasteiger partial charge in [-0.15, -0.1) is 0 Å². The first kappa shape index (κ1) is 27.9. The molecule has 4 heterocycles. The fraction of sp³-hybridized carbons (Fsp3) is 0.0204. The third kappa shape index (κ3) is 3.40. The van der Waals surface area contributed by atoms with Gasteiger partial charge in [0.25, 0.3) is 0 Å². The molecule has 0 saturated carbocycles. The normalized spacial score (nSPS) is 15.5. The molecule has 12 rings (SSSR count). The maximum atomic E-state index is 7.23. The summed E-state index contributed by atoms with van der Waals surface area (Å²) < 4.78 is 12.1. The lowest BCUT2D eigenvalue weighted by molar-refractivity contribution is 0.438. The summed E-state index contributed by atoms with van der Waals surface area (Å²) in [6.07, 6.45) is 0. The fourth-order valence-corrected chi connectivity index (χ4v) is 9.53. The molecule has 52 heavy (non-hydrogen) atoms. The van der Waals surface area contributed by atoms with E-state index >= 15 is 0 Å². The Morgan fingerprint density at radius 1 is 0.365 bits per heavy atom. The highest BCUT2D eigenvalue weighted by molar-refractivity contribution is 6.14. The Hall–Kier alpha value is -6.84. The zero-order valence-corrected chi connectivity index (χ0v) is 28.1. The van der Waals surface area contributed by atoms with Crippen LogP contribution in [0.4, 0.5) is 0 Å². The molecule has 2 aliphatic rings. The van der Waals surface area contributed by atoms with Crippen molar-refractivity contribution in [2.75, 3.05) is 0 Å². The molecular weight excluding hydrogens is 633 g/mol. The molecule has 1 unspecified atom stereocenters. The van der Waals surface area contributed by atoms with Crippen molar-refractivity contribution in [3.05, 3.63) is 204 Å². The van der Waals surface area contributed by atoms with Crippen LogP contribution in [-0.2, 0) is 5.41 Å². The molecule has 0 amide bonds. The van der Waals surface area contributed by atoms with Crippen molar-refractivity contribution in [1.82, 2.24) is 9.13 Å². The van der Waals surface area contributed by atoms with E-state index in [4.69, 9.17) is 4.74 Å². The Balaban J connectivity index is 1.24. The summed E-state index contributed by atoms with van der Waals surface area (Å²) in [6.45, 7) is 0. The molecule has 0 N–H and O–H groups in total. The first-order valence-electron chi connectivity index (χ1n) is 17.9. The SMILES string of the molecule is c1ccc(-c2ccc(-n3c4ccccc4c4ccc5c(c43)Oc3ccccc3C53c4ccccc4-n4c5ccccc5c5cccc3c54)cc2)cc1. The van der Waals surface area contributed by atoms with E-state index in [2.05, 4.69) is 191 Å². The van der Waals surface area contributed by atoms with Crippen molar-refractivity contribution in [3.8, 4) is 34.0 Å². The Morgan fingerprint density at radius 3 is 1.77 bits per heavy atom. The van der Waals surface area contributed by atoms with Gasteiger partial charge >= 0.3 is 0 Å². The van der Waals surface area contributed by atoms with Gasteiger partial charge in [0, 0.05) is 38.4 Å². The Kier molecular flexibility index (Phi) is 5.43. The van der Waals surface area contributed by atoms with E-state index in [9.17, 15) is 0 Å². The molecule has 1 atom stereocenters. The average molecular weight is 663 g/mol. The van der Waals surface area contributed by atoms with Crippen LogP contribution in [0.3, 0.4) is 0 Å². The van der Waals surface area contributed by atoms with Crippen molar-refractivity contribution in [1.29, 1.82) is 0 Å². The van der Waals surface area contributed by atoms with Gasteiger partial charge in [0.2, 0.25) is 0 Å². The van der Waals surface area contributed by atoms with E-state index in [0.717, 1.165) is 39.3 Å². The average Bonchev–Trinajstić information content (AvgIpc) is 3.74. The van der Waals surface area contributed by atoms with E-state index in [-0.39, 0.29) is 0 Å². The van der Waals surface area contributed by atoms with E-state index in [1.807, 2.05) is 0 Å². The van der Waals surface area contributed by atoms with Crippen molar-refractivity contribution >= 4 is 43.6 Å². The van der Waals surface area contributed by atoms with Gasteiger partial charge in [0.05, 0.1) is 33.2 Å². The van der Waals surface area contributed by atoms with Gasteiger partial charge in [-0.2, -0.15) is 0 Å². The lowest BCUT2D eigenvalue weighted by Gasteiger charge is -2.45. The van der Waals surface area contributed by atoms with Gasteiger partial charge in [0.15, 0.2) is 5.75 Å². The number of benzene rings is 8. The first-order chi connectivity index (χ1) is 25.8. The number of nitrogens with zero attached hydrogens (tertiary/aromatic N) is 2. The zero-order chi connectivity index (χ0) is 34.0. The molecule has 1 spiro atoms. The van der Waals surface area contributed by atoms with Crippen LogP contribution in [0.15, 0.2) is 182 Å². The summed E-state index contributed by atoms with van der Waals surface area (Å²) in [6, 6.07) is 66.3. The molecule has 242 valence electrons. The predicted molar refractivity (Wildman–Crippen MR) is 212 cm³/mol. The van der Waals surface area contributed by atoms with E-state index in [1.54, 1.807) is 0 Å². The summed E-state index contributed by atoms with van der Waals surface area (Å²) in [5.74, 6) is 1.78. The summed E-state index contributed by atoms with van der Waals surface area (Å²) >= 11 is 0.